The number of hydrogen-bond donors (Lipinski definition) is 0. The molecule has 0 N–H and O–H groups in total. The summed E-state index contributed by atoms with van der Waals surface area (Å²) in [6.07, 6.45) is 5.51. The van der Waals surface area contributed by atoms with Gasteiger partial charge in [-0.15, -0.1) is 0 Å². The number of carbonyl (C=O) groups excluding carboxylic acids is 1. The minimum Gasteiger partial charge on any atom is -0.497 e. The second-order valence-corrected chi connectivity index (χ2v) is 8.93. The number of nitriles is 1. The van der Waals surface area contributed by atoms with Gasteiger partial charge < -0.3 is 14.0 Å². The van der Waals surface area contributed by atoms with Crippen LogP contribution < -0.4 is 4.74 Å². The quantitative estimate of drug-likeness (QED) is 0.595. The van der Waals surface area contributed by atoms with Crippen LogP contribution in [0.5, 0.6) is 5.75 Å². The molecule has 3 aromatic rings. The van der Waals surface area contributed by atoms with Crippen molar-refractivity contribution in [1.29, 1.82) is 5.26 Å². The molecule has 7 nitrogen and oxygen atoms in total. The molecule has 7 heteroatoms. The third kappa shape index (κ3) is 3.89. The summed E-state index contributed by atoms with van der Waals surface area (Å²) in [5.74, 6) is 1.19. The van der Waals surface area contributed by atoms with Gasteiger partial charge in [0.25, 0.3) is 0 Å². The Labute approximate surface area is 187 Å². The highest BCUT2D eigenvalue weighted by atomic mass is 16.6. The Morgan fingerprint density at radius 3 is 3.06 bits per heavy atom. The number of nitrogens with zero attached hydrogens (tertiary/aromatic N) is 4. The summed E-state index contributed by atoms with van der Waals surface area (Å²) in [7, 11) is 1.65. The minimum atomic E-state index is -0.413. The molecule has 2 atom stereocenters. The predicted molar refractivity (Wildman–Crippen MR) is 119 cm³/mol. The van der Waals surface area contributed by atoms with Crippen molar-refractivity contribution >= 4 is 17.1 Å². The normalized spacial score (nSPS) is 22.8. The Kier molecular flexibility index (Phi) is 5.22. The standard InChI is InChI=1S/C25H26N4O3/c1-31-21-6-2-4-19(10-21)14-28-16-25(32-24(28)30)9-3-5-20(12-25)15-29-17-27-22-11-18(13-26)7-8-23(22)29/h2,4,6-8,10-11,17,20H,3,5,9,12,14-16H2,1H3. The summed E-state index contributed by atoms with van der Waals surface area (Å²) < 4.78 is 13.5. The topological polar surface area (TPSA) is 80.4 Å². The molecule has 2 fully saturated rings. The van der Waals surface area contributed by atoms with Crippen LogP contribution in [-0.2, 0) is 17.8 Å². The number of amides is 1. The van der Waals surface area contributed by atoms with Crippen LogP contribution >= 0.6 is 0 Å². The van der Waals surface area contributed by atoms with Crippen molar-refractivity contribution in [2.75, 3.05) is 13.7 Å². The van der Waals surface area contributed by atoms with Crippen molar-refractivity contribution in [1.82, 2.24) is 14.5 Å². The van der Waals surface area contributed by atoms with Crippen LogP contribution in [0.1, 0.15) is 36.8 Å². The SMILES string of the molecule is COc1cccc(CN2CC3(CCCC(Cn4cnc5cc(C#N)ccc54)C3)OC2=O)c1. The van der Waals surface area contributed by atoms with Gasteiger partial charge in [0.1, 0.15) is 11.4 Å². The van der Waals surface area contributed by atoms with Gasteiger partial charge in [-0.2, -0.15) is 5.26 Å². The van der Waals surface area contributed by atoms with Gasteiger partial charge >= 0.3 is 6.09 Å². The van der Waals surface area contributed by atoms with Crippen LogP contribution in [0.4, 0.5) is 4.79 Å². The smallest absolute Gasteiger partial charge is 0.410 e. The van der Waals surface area contributed by atoms with Crippen LogP contribution in [0.3, 0.4) is 0 Å². The number of ether oxygens (including phenoxy) is 2. The summed E-state index contributed by atoms with van der Waals surface area (Å²) in [5.41, 5.74) is 3.11. The average molecular weight is 431 g/mol. The van der Waals surface area contributed by atoms with E-state index in [9.17, 15) is 4.79 Å². The third-order valence-electron chi connectivity index (χ3n) is 6.66. The molecule has 5 rings (SSSR count). The van der Waals surface area contributed by atoms with E-state index in [2.05, 4.69) is 15.6 Å². The number of rotatable bonds is 5. The number of methoxy groups -OCH3 is 1. The molecule has 1 spiro atoms. The van der Waals surface area contributed by atoms with Gasteiger partial charge in [0.15, 0.2) is 0 Å². The first-order chi connectivity index (χ1) is 15.6. The van der Waals surface area contributed by atoms with E-state index in [1.165, 1.54) is 0 Å². The second kappa shape index (κ2) is 8.19. The first-order valence-corrected chi connectivity index (χ1v) is 11.0. The molecular formula is C25H26N4O3. The Morgan fingerprint density at radius 2 is 2.22 bits per heavy atom. The molecule has 1 aromatic heterocycles. The fraction of sp³-hybridized carbons (Fsp3) is 0.400. The largest absolute Gasteiger partial charge is 0.497 e. The molecule has 2 aromatic carbocycles. The highest BCUT2D eigenvalue weighted by Gasteiger charge is 2.47. The third-order valence-corrected chi connectivity index (χ3v) is 6.66. The van der Waals surface area contributed by atoms with Crippen molar-refractivity contribution in [3.63, 3.8) is 0 Å². The van der Waals surface area contributed by atoms with Gasteiger partial charge in [0.05, 0.1) is 42.6 Å². The number of fused-ring (bicyclic) bond motifs is 1. The zero-order valence-corrected chi connectivity index (χ0v) is 18.2. The van der Waals surface area contributed by atoms with Gasteiger partial charge in [-0.1, -0.05) is 12.1 Å². The lowest BCUT2D eigenvalue weighted by molar-refractivity contribution is 0.00415. The lowest BCUT2D eigenvalue weighted by Crippen LogP contribution is -2.40. The van der Waals surface area contributed by atoms with Crippen molar-refractivity contribution < 1.29 is 14.3 Å². The second-order valence-electron chi connectivity index (χ2n) is 8.93. The molecule has 0 radical (unpaired) electrons. The van der Waals surface area contributed by atoms with Gasteiger partial charge in [-0.25, -0.2) is 9.78 Å². The average Bonchev–Trinajstić information content (AvgIpc) is 3.33. The number of hydrogen-bond acceptors (Lipinski definition) is 5. The van der Waals surface area contributed by atoms with Crippen LogP contribution in [0, 0.1) is 17.2 Å². The van der Waals surface area contributed by atoms with Crippen LogP contribution in [-0.4, -0.2) is 39.8 Å². The van der Waals surface area contributed by atoms with Crippen molar-refractivity contribution in [2.45, 2.75) is 44.4 Å². The van der Waals surface area contributed by atoms with Crippen molar-refractivity contribution in [3.05, 3.63) is 59.9 Å². The lowest BCUT2D eigenvalue weighted by Gasteiger charge is -2.36. The zero-order valence-electron chi connectivity index (χ0n) is 18.2. The Balaban J connectivity index is 1.28. The summed E-state index contributed by atoms with van der Waals surface area (Å²) >= 11 is 0. The highest BCUT2D eigenvalue weighted by Crippen LogP contribution is 2.41. The monoisotopic (exact) mass is 430 g/mol. The van der Waals surface area contributed by atoms with Gasteiger partial charge in [-0.05, 0) is 67.5 Å². The fourth-order valence-electron chi connectivity index (χ4n) is 5.20. The molecule has 2 unspecified atom stereocenters. The number of carbonyl (C=O) groups is 1. The fourth-order valence-corrected chi connectivity index (χ4v) is 5.20. The molecule has 1 amide bonds. The Hall–Kier alpha value is -3.53. The number of imidazole rings is 1. The first kappa shape index (κ1) is 20.4. The van der Waals surface area contributed by atoms with E-state index < -0.39 is 5.60 Å². The molecular weight excluding hydrogens is 404 g/mol. The maximum Gasteiger partial charge on any atom is 0.410 e. The Bertz CT molecular complexity index is 1200. The predicted octanol–water partition coefficient (Wildman–Crippen LogP) is 4.50. The van der Waals surface area contributed by atoms with E-state index >= 15 is 0 Å². The van der Waals surface area contributed by atoms with E-state index in [1.54, 1.807) is 7.11 Å². The molecule has 32 heavy (non-hydrogen) atoms. The van der Waals surface area contributed by atoms with E-state index in [0.717, 1.165) is 54.6 Å². The number of aromatic nitrogens is 2. The zero-order chi connectivity index (χ0) is 22.1. The van der Waals surface area contributed by atoms with Crippen LogP contribution in [0.15, 0.2) is 48.8 Å². The maximum atomic E-state index is 12.7. The molecule has 1 aliphatic carbocycles. The van der Waals surface area contributed by atoms with Crippen molar-refractivity contribution in [3.8, 4) is 11.8 Å². The minimum absolute atomic E-state index is 0.231. The highest BCUT2D eigenvalue weighted by molar-refractivity contribution is 5.77. The van der Waals surface area contributed by atoms with Crippen molar-refractivity contribution in [2.24, 2.45) is 5.92 Å². The lowest BCUT2D eigenvalue weighted by atomic mass is 9.78. The molecule has 1 saturated heterocycles. The van der Waals surface area contributed by atoms with Gasteiger partial charge in [0.2, 0.25) is 0 Å². The molecule has 164 valence electrons. The first-order valence-electron chi connectivity index (χ1n) is 11.0. The summed E-state index contributed by atoms with van der Waals surface area (Å²) in [6, 6.07) is 15.6. The number of benzene rings is 2. The van der Waals surface area contributed by atoms with E-state index in [0.29, 0.717) is 24.6 Å². The summed E-state index contributed by atoms with van der Waals surface area (Å²) in [6.45, 7) is 1.98. The van der Waals surface area contributed by atoms with Crippen LogP contribution in [0.25, 0.3) is 11.0 Å². The van der Waals surface area contributed by atoms with E-state index in [4.69, 9.17) is 14.7 Å². The Morgan fingerprint density at radius 1 is 1.31 bits per heavy atom. The van der Waals surface area contributed by atoms with Crippen LogP contribution in [0.2, 0.25) is 0 Å². The van der Waals surface area contributed by atoms with Gasteiger partial charge in [-0.3, -0.25) is 4.90 Å². The molecule has 1 aliphatic heterocycles. The molecule has 1 saturated carbocycles. The molecule has 2 heterocycles. The van der Waals surface area contributed by atoms with Gasteiger partial charge in [0, 0.05) is 13.1 Å². The molecule has 0 bridgehead atoms. The molecule has 2 aliphatic rings. The summed E-state index contributed by atoms with van der Waals surface area (Å²) in [5, 5.41) is 9.11. The van der Waals surface area contributed by atoms with E-state index in [-0.39, 0.29) is 6.09 Å². The van der Waals surface area contributed by atoms with E-state index in [1.807, 2.05) is 53.7 Å². The maximum absolute atomic E-state index is 12.7. The summed E-state index contributed by atoms with van der Waals surface area (Å²) in [4.78, 5) is 19.0.